The standard InChI is InChI=1S/C27H35NO3Si/c1-5-18-29-26-22-16-17-28-24(22)25(28)23(31-26)19-30-32(27(2,3)4,20-12-8-6-9-13-20)21-14-10-7-11-15-21/h5-15,22-26H,1,16-19H2,2-4H3/t22-,23+,24?,25-,26-,28?/m0/s1. The molecule has 0 radical (unpaired) electrons. The minimum atomic E-state index is -2.57. The Morgan fingerprint density at radius 1 is 1.03 bits per heavy atom. The van der Waals surface area contributed by atoms with Crippen molar-refractivity contribution in [2.24, 2.45) is 5.92 Å². The zero-order chi connectivity index (χ0) is 22.3. The number of nitrogens with zero attached hydrogens (tertiary/aromatic N) is 1. The van der Waals surface area contributed by atoms with Gasteiger partial charge in [0.1, 0.15) is 0 Å². The normalized spacial score (nSPS) is 31.2. The van der Waals surface area contributed by atoms with Crippen molar-refractivity contribution in [1.82, 2.24) is 4.90 Å². The summed E-state index contributed by atoms with van der Waals surface area (Å²) in [6.07, 6.45) is 2.84. The summed E-state index contributed by atoms with van der Waals surface area (Å²) in [6.45, 7) is 13.0. The Hall–Kier alpha value is -1.76. The molecule has 0 aliphatic carbocycles. The molecule has 3 heterocycles. The molecule has 5 heteroatoms. The van der Waals surface area contributed by atoms with Gasteiger partial charge in [-0.2, -0.15) is 0 Å². The lowest BCUT2D eigenvalue weighted by atomic mass is 9.94. The third-order valence-electron chi connectivity index (χ3n) is 7.48. The fraction of sp³-hybridized carbons (Fsp3) is 0.481. The number of rotatable bonds is 8. The summed E-state index contributed by atoms with van der Waals surface area (Å²) in [5.74, 6) is 0.476. The lowest BCUT2D eigenvalue weighted by Crippen LogP contribution is -2.67. The van der Waals surface area contributed by atoms with E-state index in [1.165, 1.54) is 10.4 Å². The average molecular weight is 450 g/mol. The summed E-state index contributed by atoms with van der Waals surface area (Å²) in [7, 11) is -2.57. The van der Waals surface area contributed by atoms with Crippen molar-refractivity contribution in [3.63, 3.8) is 0 Å². The van der Waals surface area contributed by atoms with Gasteiger partial charge in [-0.1, -0.05) is 87.5 Å². The van der Waals surface area contributed by atoms with Crippen LogP contribution in [0.3, 0.4) is 0 Å². The van der Waals surface area contributed by atoms with E-state index in [2.05, 4.69) is 92.9 Å². The van der Waals surface area contributed by atoms with Crippen LogP contribution in [0.2, 0.25) is 5.04 Å². The topological polar surface area (TPSA) is 30.7 Å². The minimum absolute atomic E-state index is 0.0352. The fourth-order valence-electron chi connectivity index (χ4n) is 6.10. The summed E-state index contributed by atoms with van der Waals surface area (Å²) in [5.41, 5.74) is 0. The van der Waals surface area contributed by atoms with Gasteiger partial charge in [0.2, 0.25) is 0 Å². The van der Waals surface area contributed by atoms with Crippen LogP contribution in [0.15, 0.2) is 73.3 Å². The van der Waals surface area contributed by atoms with Crippen molar-refractivity contribution < 1.29 is 13.9 Å². The van der Waals surface area contributed by atoms with Gasteiger partial charge in [0.05, 0.1) is 25.4 Å². The first-order chi connectivity index (χ1) is 15.5. The van der Waals surface area contributed by atoms with Gasteiger partial charge in [0.15, 0.2) is 6.29 Å². The molecule has 170 valence electrons. The molecule has 0 bridgehead atoms. The molecule has 0 aromatic heterocycles. The zero-order valence-corrected chi connectivity index (χ0v) is 20.4. The number of hydrogen-bond donors (Lipinski definition) is 0. The molecule has 3 aliphatic rings. The molecule has 0 spiro atoms. The number of fused-ring (bicyclic) bond motifs is 1. The van der Waals surface area contributed by atoms with Gasteiger partial charge in [0.25, 0.3) is 8.32 Å². The predicted octanol–water partition coefficient (Wildman–Crippen LogP) is 3.56. The van der Waals surface area contributed by atoms with E-state index < -0.39 is 8.32 Å². The molecule has 5 rings (SSSR count). The van der Waals surface area contributed by atoms with E-state index >= 15 is 0 Å². The summed E-state index contributed by atoms with van der Waals surface area (Å²) in [6, 6.07) is 22.7. The third-order valence-corrected chi connectivity index (χ3v) is 12.5. The fourth-order valence-corrected chi connectivity index (χ4v) is 10.7. The van der Waals surface area contributed by atoms with Crippen LogP contribution in [0.4, 0.5) is 0 Å². The molecule has 3 fully saturated rings. The number of hydrogen-bond acceptors (Lipinski definition) is 4. The van der Waals surface area contributed by atoms with Crippen LogP contribution < -0.4 is 10.4 Å². The van der Waals surface area contributed by atoms with Crippen molar-refractivity contribution in [2.75, 3.05) is 19.8 Å². The largest absolute Gasteiger partial charge is 0.405 e. The van der Waals surface area contributed by atoms with Crippen molar-refractivity contribution in [3.8, 4) is 0 Å². The van der Waals surface area contributed by atoms with Gasteiger partial charge in [-0.3, -0.25) is 4.90 Å². The van der Waals surface area contributed by atoms with Crippen LogP contribution in [0.25, 0.3) is 0 Å². The first kappa shape index (κ1) is 22.1. The van der Waals surface area contributed by atoms with E-state index in [9.17, 15) is 0 Å². The smallest absolute Gasteiger partial charge is 0.261 e. The molecule has 3 saturated heterocycles. The van der Waals surface area contributed by atoms with Crippen LogP contribution in [0.1, 0.15) is 27.2 Å². The van der Waals surface area contributed by atoms with E-state index in [4.69, 9.17) is 13.9 Å². The van der Waals surface area contributed by atoms with E-state index in [0.29, 0.717) is 31.2 Å². The Balaban J connectivity index is 1.46. The maximum Gasteiger partial charge on any atom is 0.261 e. The second-order valence-electron chi connectivity index (χ2n) is 10.3. The molecule has 32 heavy (non-hydrogen) atoms. The lowest BCUT2D eigenvalue weighted by molar-refractivity contribution is -0.213. The Bertz CT molecular complexity index is 889. The highest BCUT2D eigenvalue weighted by atomic mass is 28.4. The average Bonchev–Trinajstić information content (AvgIpc) is 3.35. The van der Waals surface area contributed by atoms with Crippen LogP contribution in [-0.4, -0.2) is 57.5 Å². The molecule has 6 atom stereocenters. The van der Waals surface area contributed by atoms with Crippen molar-refractivity contribution in [2.45, 2.75) is 56.7 Å². The monoisotopic (exact) mass is 449 g/mol. The molecular weight excluding hydrogens is 414 g/mol. The minimum Gasteiger partial charge on any atom is -0.405 e. The van der Waals surface area contributed by atoms with Gasteiger partial charge >= 0.3 is 0 Å². The van der Waals surface area contributed by atoms with Crippen LogP contribution >= 0.6 is 0 Å². The maximum atomic E-state index is 7.17. The Morgan fingerprint density at radius 2 is 1.66 bits per heavy atom. The van der Waals surface area contributed by atoms with Gasteiger partial charge in [-0.15, -0.1) is 6.58 Å². The summed E-state index contributed by atoms with van der Waals surface area (Å²) in [5, 5.41) is 2.58. The van der Waals surface area contributed by atoms with Crippen LogP contribution in [0.5, 0.6) is 0 Å². The molecule has 3 aliphatic heterocycles. The third kappa shape index (κ3) is 3.60. The molecular formula is C27H35NO3Si. The van der Waals surface area contributed by atoms with Crippen molar-refractivity contribution >= 4 is 18.7 Å². The number of benzene rings is 2. The van der Waals surface area contributed by atoms with E-state index in [1.54, 1.807) is 0 Å². The lowest BCUT2D eigenvalue weighted by Gasteiger charge is -2.44. The van der Waals surface area contributed by atoms with E-state index in [0.717, 1.165) is 13.0 Å². The second kappa shape index (κ2) is 8.54. The van der Waals surface area contributed by atoms with Gasteiger partial charge in [-0.25, -0.2) is 0 Å². The van der Waals surface area contributed by atoms with Crippen molar-refractivity contribution in [1.29, 1.82) is 0 Å². The van der Waals surface area contributed by atoms with Crippen molar-refractivity contribution in [3.05, 3.63) is 73.3 Å². The number of ether oxygens (including phenoxy) is 2. The highest BCUT2D eigenvalue weighted by molar-refractivity contribution is 6.99. The molecule has 0 saturated carbocycles. The molecule has 2 unspecified atom stereocenters. The van der Waals surface area contributed by atoms with Gasteiger partial charge in [0, 0.05) is 12.0 Å². The van der Waals surface area contributed by atoms with E-state index in [1.807, 2.05) is 6.08 Å². The predicted molar refractivity (Wildman–Crippen MR) is 131 cm³/mol. The molecule has 4 nitrogen and oxygen atoms in total. The van der Waals surface area contributed by atoms with Crippen LogP contribution in [-0.2, 0) is 13.9 Å². The van der Waals surface area contributed by atoms with Crippen LogP contribution in [0, 0.1) is 5.92 Å². The van der Waals surface area contributed by atoms with Gasteiger partial charge in [-0.05, 0) is 28.4 Å². The Morgan fingerprint density at radius 3 is 2.22 bits per heavy atom. The summed E-state index contributed by atoms with van der Waals surface area (Å²) >= 11 is 0. The van der Waals surface area contributed by atoms with E-state index in [-0.39, 0.29) is 17.4 Å². The highest BCUT2D eigenvalue weighted by Crippen LogP contribution is 2.51. The molecule has 0 amide bonds. The second-order valence-corrected chi connectivity index (χ2v) is 14.6. The first-order valence-corrected chi connectivity index (χ1v) is 13.8. The zero-order valence-electron chi connectivity index (χ0n) is 19.4. The molecule has 2 aromatic carbocycles. The van der Waals surface area contributed by atoms with Gasteiger partial charge < -0.3 is 13.9 Å². The first-order valence-electron chi connectivity index (χ1n) is 11.9. The molecule has 0 N–H and O–H groups in total. The quantitative estimate of drug-likeness (QED) is 0.350. The maximum absolute atomic E-state index is 7.17. The number of piperidine rings is 1. The highest BCUT2D eigenvalue weighted by Gasteiger charge is 2.65. The SMILES string of the molecule is C=CCO[C@H]1O[C@H](CO[Si](c2ccccc2)(c2ccccc2)C(C)(C)C)[C@H]2C3[C@@H]1CCN32. The summed E-state index contributed by atoms with van der Waals surface area (Å²) < 4.78 is 19.8. The molecule has 2 aromatic rings. The Kier molecular flexibility index (Phi) is 5.89. The Labute approximate surface area is 193 Å². The summed E-state index contributed by atoms with van der Waals surface area (Å²) in [4.78, 5) is 2.58.